The topological polar surface area (TPSA) is 64.6 Å². The number of benzene rings is 1. The summed E-state index contributed by atoms with van der Waals surface area (Å²) < 4.78 is 9.84. The molecule has 1 aromatic rings. The molecule has 0 aliphatic heterocycles. The fraction of sp³-hybridized carbons (Fsp3) is 0.467. The van der Waals surface area contributed by atoms with E-state index >= 15 is 0 Å². The summed E-state index contributed by atoms with van der Waals surface area (Å²) in [5.41, 5.74) is 0.942. The van der Waals surface area contributed by atoms with E-state index in [1.54, 1.807) is 7.11 Å². The highest BCUT2D eigenvalue weighted by atomic mass is 16.5. The lowest BCUT2D eigenvalue weighted by Gasteiger charge is -2.16. The van der Waals surface area contributed by atoms with Crippen LogP contribution in [0.1, 0.15) is 18.4 Å². The fourth-order valence-electron chi connectivity index (χ4n) is 1.97. The van der Waals surface area contributed by atoms with Crippen molar-refractivity contribution in [3.05, 3.63) is 29.8 Å². The Kier molecular flexibility index (Phi) is 4.61. The van der Waals surface area contributed by atoms with Crippen LogP contribution in [0.5, 0.6) is 5.75 Å². The highest BCUT2D eigenvalue weighted by Gasteiger charge is 2.32. The Morgan fingerprint density at radius 1 is 1.25 bits per heavy atom. The summed E-state index contributed by atoms with van der Waals surface area (Å²) in [6, 6.07) is 6.76. The number of methoxy groups -OCH3 is 2. The minimum atomic E-state index is -0.638. The number of rotatable bonds is 6. The maximum atomic E-state index is 11.8. The number of ether oxygens (including phenoxy) is 2. The highest BCUT2D eigenvalue weighted by molar-refractivity contribution is 5.87. The predicted molar refractivity (Wildman–Crippen MR) is 73.4 cm³/mol. The van der Waals surface area contributed by atoms with Gasteiger partial charge >= 0.3 is 5.97 Å². The van der Waals surface area contributed by atoms with Crippen LogP contribution in [0.15, 0.2) is 24.3 Å². The highest BCUT2D eigenvalue weighted by Crippen LogP contribution is 2.29. The van der Waals surface area contributed by atoms with Crippen LogP contribution in [0, 0.1) is 5.92 Å². The summed E-state index contributed by atoms with van der Waals surface area (Å²) >= 11 is 0. The van der Waals surface area contributed by atoms with Crippen molar-refractivity contribution in [3.63, 3.8) is 0 Å². The van der Waals surface area contributed by atoms with Gasteiger partial charge in [0.2, 0.25) is 5.91 Å². The van der Waals surface area contributed by atoms with Gasteiger partial charge in [0.05, 0.1) is 14.2 Å². The van der Waals surface area contributed by atoms with Crippen molar-refractivity contribution < 1.29 is 19.1 Å². The molecular formula is C15H19NO4. The maximum absolute atomic E-state index is 11.8. The van der Waals surface area contributed by atoms with Crippen LogP contribution in [0.3, 0.4) is 0 Å². The molecule has 0 unspecified atom stereocenters. The first-order chi connectivity index (χ1) is 9.63. The second-order valence-corrected chi connectivity index (χ2v) is 4.91. The maximum Gasteiger partial charge on any atom is 0.328 e. The fourth-order valence-corrected chi connectivity index (χ4v) is 1.97. The zero-order chi connectivity index (χ0) is 14.5. The SMILES string of the molecule is COC(=O)[C@@H](Cc1ccc(OC)cc1)NC(=O)C1CC1. The van der Waals surface area contributed by atoms with E-state index in [1.807, 2.05) is 24.3 Å². The van der Waals surface area contributed by atoms with Gasteiger partial charge < -0.3 is 14.8 Å². The quantitative estimate of drug-likeness (QED) is 0.796. The van der Waals surface area contributed by atoms with Crippen LogP contribution >= 0.6 is 0 Å². The number of hydrogen-bond donors (Lipinski definition) is 1. The number of nitrogens with one attached hydrogen (secondary N) is 1. The molecule has 1 amide bonds. The molecule has 1 aliphatic rings. The molecule has 20 heavy (non-hydrogen) atoms. The normalized spacial score (nSPS) is 15.3. The Labute approximate surface area is 118 Å². The summed E-state index contributed by atoms with van der Waals surface area (Å²) in [7, 11) is 2.93. The molecule has 1 aromatic carbocycles. The lowest BCUT2D eigenvalue weighted by Crippen LogP contribution is -2.43. The molecule has 1 atom stereocenters. The predicted octanol–water partition coefficient (Wildman–Crippen LogP) is 1.31. The van der Waals surface area contributed by atoms with E-state index in [-0.39, 0.29) is 11.8 Å². The van der Waals surface area contributed by atoms with E-state index in [1.165, 1.54) is 7.11 Å². The van der Waals surface area contributed by atoms with Gasteiger partial charge in [-0.05, 0) is 30.5 Å². The molecule has 1 saturated carbocycles. The molecule has 0 spiro atoms. The summed E-state index contributed by atoms with van der Waals surface area (Å²) in [6.45, 7) is 0. The van der Waals surface area contributed by atoms with Crippen molar-refractivity contribution in [1.29, 1.82) is 0 Å². The third-order valence-corrected chi connectivity index (χ3v) is 3.35. The van der Waals surface area contributed by atoms with Crippen LogP contribution in [0.2, 0.25) is 0 Å². The summed E-state index contributed by atoms with van der Waals surface area (Å²) in [5.74, 6) is 0.340. The minimum Gasteiger partial charge on any atom is -0.497 e. The van der Waals surface area contributed by atoms with Gasteiger partial charge in [0.25, 0.3) is 0 Å². The number of esters is 1. The molecular weight excluding hydrogens is 258 g/mol. The second kappa shape index (κ2) is 6.41. The Morgan fingerprint density at radius 3 is 2.40 bits per heavy atom. The molecule has 0 aromatic heterocycles. The van der Waals surface area contributed by atoms with Crippen LogP contribution in [-0.4, -0.2) is 32.1 Å². The molecule has 108 valence electrons. The molecule has 0 radical (unpaired) electrons. The Hall–Kier alpha value is -2.04. The lowest BCUT2D eigenvalue weighted by atomic mass is 10.1. The lowest BCUT2D eigenvalue weighted by molar-refractivity contribution is -0.145. The van der Waals surface area contributed by atoms with Crippen molar-refractivity contribution in [3.8, 4) is 5.75 Å². The number of carbonyl (C=O) groups excluding carboxylic acids is 2. The average Bonchev–Trinajstić information content (AvgIpc) is 3.31. The molecule has 1 fully saturated rings. The largest absolute Gasteiger partial charge is 0.497 e. The van der Waals surface area contributed by atoms with Crippen molar-refractivity contribution in [2.75, 3.05) is 14.2 Å². The van der Waals surface area contributed by atoms with Crippen molar-refractivity contribution in [2.24, 2.45) is 5.92 Å². The minimum absolute atomic E-state index is 0.0612. The Bertz CT molecular complexity index is 479. The number of amides is 1. The van der Waals surface area contributed by atoms with Gasteiger partial charge in [-0.25, -0.2) is 4.79 Å². The zero-order valence-electron chi connectivity index (χ0n) is 11.7. The van der Waals surface area contributed by atoms with Crippen LogP contribution in [0.4, 0.5) is 0 Å². The number of carbonyl (C=O) groups is 2. The first kappa shape index (κ1) is 14.4. The van der Waals surface area contributed by atoms with Crippen molar-refractivity contribution >= 4 is 11.9 Å². The molecule has 0 heterocycles. The monoisotopic (exact) mass is 277 g/mol. The van der Waals surface area contributed by atoms with E-state index in [2.05, 4.69) is 5.32 Å². The molecule has 0 bridgehead atoms. The first-order valence-electron chi connectivity index (χ1n) is 6.65. The standard InChI is InChI=1S/C15H19NO4/c1-19-12-7-3-10(4-8-12)9-13(15(18)20-2)16-14(17)11-5-6-11/h3-4,7-8,11,13H,5-6,9H2,1-2H3,(H,16,17)/t13-/m1/s1. The van der Waals surface area contributed by atoms with E-state index in [0.717, 1.165) is 24.2 Å². The molecule has 1 N–H and O–H groups in total. The van der Waals surface area contributed by atoms with E-state index in [9.17, 15) is 9.59 Å². The third-order valence-electron chi connectivity index (χ3n) is 3.35. The zero-order valence-corrected chi connectivity index (χ0v) is 11.7. The van der Waals surface area contributed by atoms with Crippen LogP contribution < -0.4 is 10.1 Å². The molecule has 2 rings (SSSR count). The first-order valence-corrected chi connectivity index (χ1v) is 6.65. The van der Waals surface area contributed by atoms with Crippen LogP contribution in [0.25, 0.3) is 0 Å². The molecule has 1 aliphatic carbocycles. The molecule has 5 heteroatoms. The average molecular weight is 277 g/mol. The van der Waals surface area contributed by atoms with Crippen LogP contribution in [-0.2, 0) is 20.7 Å². The summed E-state index contributed by atoms with van der Waals surface area (Å²) in [6.07, 6.45) is 2.22. The summed E-state index contributed by atoms with van der Waals surface area (Å²) in [4.78, 5) is 23.5. The Balaban J connectivity index is 2.01. The van der Waals surface area contributed by atoms with E-state index in [4.69, 9.17) is 9.47 Å². The molecule has 5 nitrogen and oxygen atoms in total. The van der Waals surface area contributed by atoms with E-state index in [0.29, 0.717) is 6.42 Å². The van der Waals surface area contributed by atoms with Gasteiger partial charge in [0, 0.05) is 12.3 Å². The van der Waals surface area contributed by atoms with Gasteiger partial charge in [-0.3, -0.25) is 4.79 Å². The number of hydrogen-bond acceptors (Lipinski definition) is 4. The second-order valence-electron chi connectivity index (χ2n) is 4.91. The Morgan fingerprint density at radius 2 is 1.90 bits per heavy atom. The molecule has 0 saturated heterocycles. The van der Waals surface area contributed by atoms with E-state index < -0.39 is 12.0 Å². The van der Waals surface area contributed by atoms with Gasteiger partial charge in [-0.1, -0.05) is 12.1 Å². The third kappa shape index (κ3) is 3.73. The van der Waals surface area contributed by atoms with Crippen molar-refractivity contribution in [1.82, 2.24) is 5.32 Å². The summed E-state index contributed by atoms with van der Waals surface area (Å²) in [5, 5.41) is 2.76. The van der Waals surface area contributed by atoms with Crippen molar-refractivity contribution in [2.45, 2.75) is 25.3 Å². The van der Waals surface area contributed by atoms with Gasteiger partial charge in [0.1, 0.15) is 11.8 Å². The van der Waals surface area contributed by atoms with Gasteiger partial charge in [-0.2, -0.15) is 0 Å². The smallest absolute Gasteiger partial charge is 0.328 e. The van der Waals surface area contributed by atoms with Gasteiger partial charge in [-0.15, -0.1) is 0 Å². The van der Waals surface area contributed by atoms with Gasteiger partial charge in [0.15, 0.2) is 0 Å².